The topological polar surface area (TPSA) is 71.8 Å². The van der Waals surface area contributed by atoms with Crippen LogP contribution in [-0.4, -0.2) is 20.8 Å². The van der Waals surface area contributed by atoms with E-state index >= 15 is 0 Å². The SMILES string of the molecule is CCn1cnnc1CNC(=O)NC1CCCc2ccccc21. The Morgan fingerprint density at radius 3 is 3.14 bits per heavy atom. The fourth-order valence-electron chi connectivity index (χ4n) is 2.95. The zero-order valence-electron chi connectivity index (χ0n) is 12.7. The van der Waals surface area contributed by atoms with Gasteiger partial charge in [0.25, 0.3) is 0 Å². The summed E-state index contributed by atoms with van der Waals surface area (Å²) in [5.41, 5.74) is 2.57. The molecule has 2 N–H and O–H groups in total. The third-order valence-corrected chi connectivity index (χ3v) is 4.12. The van der Waals surface area contributed by atoms with Gasteiger partial charge in [-0.1, -0.05) is 24.3 Å². The molecule has 1 aliphatic carbocycles. The number of hydrogen-bond acceptors (Lipinski definition) is 3. The highest BCUT2D eigenvalue weighted by Crippen LogP contribution is 2.29. The molecule has 2 amide bonds. The predicted molar refractivity (Wildman–Crippen MR) is 83.2 cm³/mol. The number of rotatable bonds is 4. The fourth-order valence-corrected chi connectivity index (χ4v) is 2.95. The van der Waals surface area contributed by atoms with Crippen LogP contribution in [0.25, 0.3) is 0 Å². The second kappa shape index (κ2) is 6.60. The summed E-state index contributed by atoms with van der Waals surface area (Å²) in [5, 5.41) is 13.8. The monoisotopic (exact) mass is 299 g/mol. The van der Waals surface area contributed by atoms with Crippen LogP contribution in [0.4, 0.5) is 4.79 Å². The Morgan fingerprint density at radius 1 is 1.41 bits per heavy atom. The molecule has 0 spiro atoms. The molecule has 1 unspecified atom stereocenters. The largest absolute Gasteiger partial charge is 0.331 e. The molecule has 22 heavy (non-hydrogen) atoms. The third kappa shape index (κ3) is 3.10. The van der Waals surface area contributed by atoms with Crippen LogP contribution in [0.5, 0.6) is 0 Å². The van der Waals surface area contributed by atoms with Crippen LogP contribution in [0.15, 0.2) is 30.6 Å². The number of aryl methyl sites for hydroxylation is 2. The van der Waals surface area contributed by atoms with Crippen LogP contribution in [0, 0.1) is 0 Å². The van der Waals surface area contributed by atoms with Gasteiger partial charge in [-0.05, 0) is 37.3 Å². The summed E-state index contributed by atoms with van der Waals surface area (Å²) in [6.45, 7) is 3.20. The Balaban J connectivity index is 1.59. The highest BCUT2D eigenvalue weighted by molar-refractivity contribution is 5.74. The minimum Gasteiger partial charge on any atom is -0.331 e. The van der Waals surface area contributed by atoms with E-state index in [0.717, 1.165) is 31.6 Å². The molecule has 116 valence electrons. The van der Waals surface area contributed by atoms with Crippen LogP contribution >= 0.6 is 0 Å². The smallest absolute Gasteiger partial charge is 0.315 e. The van der Waals surface area contributed by atoms with Crippen molar-refractivity contribution in [2.24, 2.45) is 0 Å². The molecule has 1 aliphatic rings. The van der Waals surface area contributed by atoms with Gasteiger partial charge in [0, 0.05) is 6.54 Å². The predicted octanol–water partition coefficient (Wildman–Crippen LogP) is 2.17. The molecule has 6 nitrogen and oxygen atoms in total. The minimum absolute atomic E-state index is 0.0917. The maximum absolute atomic E-state index is 12.1. The van der Waals surface area contributed by atoms with E-state index in [2.05, 4.69) is 39.0 Å². The summed E-state index contributed by atoms with van der Waals surface area (Å²) in [4.78, 5) is 12.1. The number of hydrogen-bond donors (Lipinski definition) is 2. The maximum Gasteiger partial charge on any atom is 0.315 e. The Bertz CT molecular complexity index is 651. The number of carbonyl (C=O) groups is 1. The fraction of sp³-hybridized carbons (Fsp3) is 0.438. The van der Waals surface area contributed by atoms with Gasteiger partial charge in [-0.3, -0.25) is 0 Å². The van der Waals surface area contributed by atoms with Gasteiger partial charge in [0.05, 0.1) is 12.6 Å². The first-order valence-electron chi connectivity index (χ1n) is 7.76. The van der Waals surface area contributed by atoms with E-state index in [0.29, 0.717) is 6.54 Å². The van der Waals surface area contributed by atoms with Crippen molar-refractivity contribution < 1.29 is 4.79 Å². The van der Waals surface area contributed by atoms with Gasteiger partial charge in [0.15, 0.2) is 5.82 Å². The van der Waals surface area contributed by atoms with Crippen LogP contribution in [0.3, 0.4) is 0 Å². The Labute approximate surface area is 129 Å². The molecule has 2 aromatic rings. The average Bonchev–Trinajstić information content (AvgIpc) is 3.01. The first-order chi connectivity index (χ1) is 10.8. The number of amides is 2. The molecule has 0 aliphatic heterocycles. The van der Waals surface area contributed by atoms with Crippen LogP contribution in [0.1, 0.15) is 42.8 Å². The number of urea groups is 1. The lowest BCUT2D eigenvalue weighted by Gasteiger charge is -2.26. The first-order valence-corrected chi connectivity index (χ1v) is 7.76. The standard InChI is InChI=1S/C16H21N5O/c1-2-21-11-18-20-15(21)10-17-16(22)19-14-9-5-7-12-6-3-4-8-13(12)14/h3-4,6,8,11,14H,2,5,7,9-10H2,1H3,(H2,17,19,22). The number of nitrogens with one attached hydrogen (secondary N) is 2. The molecular weight excluding hydrogens is 278 g/mol. The van der Waals surface area contributed by atoms with E-state index in [1.54, 1.807) is 6.33 Å². The summed E-state index contributed by atoms with van der Waals surface area (Å²) >= 11 is 0. The number of nitrogens with zero attached hydrogens (tertiary/aromatic N) is 3. The summed E-state index contributed by atoms with van der Waals surface area (Å²) in [6.07, 6.45) is 4.85. The average molecular weight is 299 g/mol. The zero-order chi connectivity index (χ0) is 15.4. The molecular formula is C16H21N5O. The molecule has 0 saturated carbocycles. The van der Waals surface area contributed by atoms with E-state index in [4.69, 9.17) is 0 Å². The lowest BCUT2D eigenvalue weighted by Crippen LogP contribution is -2.39. The number of carbonyl (C=O) groups excluding carboxylic acids is 1. The maximum atomic E-state index is 12.1. The summed E-state index contributed by atoms with van der Waals surface area (Å²) < 4.78 is 1.91. The molecule has 1 atom stereocenters. The summed E-state index contributed by atoms with van der Waals surface area (Å²) in [6, 6.07) is 8.26. The van der Waals surface area contributed by atoms with Gasteiger partial charge in [-0.25, -0.2) is 4.79 Å². The zero-order valence-corrected chi connectivity index (χ0v) is 12.7. The molecule has 1 aromatic carbocycles. The lowest BCUT2D eigenvalue weighted by atomic mass is 9.88. The van der Waals surface area contributed by atoms with Crippen molar-refractivity contribution >= 4 is 6.03 Å². The highest BCUT2D eigenvalue weighted by atomic mass is 16.2. The molecule has 0 radical (unpaired) electrons. The van der Waals surface area contributed by atoms with Crippen molar-refractivity contribution in [1.82, 2.24) is 25.4 Å². The molecule has 0 saturated heterocycles. The van der Waals surface area contributed by atoms with Crippen LogP contribution < -0.4 is 10.6 Å². The van der Waals surface area contributed by atoms with Crippen molar-refractivity contribution in [3.8, 4) is 0 Å². The van der Waals surface area contributed by atoms with Gasteiger partial charge in [-0.2, -0.15) is 0 Å². The second-order valence-electron chi connectivity index (χ2n) is 5.50. The molecule has 3 rings (SSSR count). The Morgan fingerprint density at radius 2 is 2.27 bits per heavy atom. The Hall–Kier alpha value is -2.37. The van der Waals surface area contributed by atoms with Gasteiger partial charge in [0.2, 0.25) is 0 Å². The minimum atomic E-state index is -0.160. The molecule has 1 heterocycles. The molecule has 0 bridgehead atoms. The van der Waals surface area contributed by atoms with Crippen molar-refractivity contribution in [3.63, 3.8) is 0 Å². The third-order valence-electron chi connectivity index (χ3n) is 4.12. The highest BCUT2D eigenvalue weighted by Gasteiger charge is 2.21. The van der Waals surface area contributed by atoms with Crippen molar-refractivity contribution in [2.45, 2.75) is 45.3 Å². The number of aromatic nitrogens is 3. The van der Waals surface area contributed by atoms with Crippen molar-refractivity contribution in [3.05, 3.63) is 47.5 Å². The summed E-state index contributed by atoms with van der Waals surface area (Å²) in [7, 11) is 0. The van der Waals surface area contributed by atoms with Crippen LogP contribution in [0.2, 0.25) is 0 Å². The van der Waals surface area contributed by atoms with Gasteiger partial charge in [-0.15, -0.1) is 10.2 Å². The van der Waals surface area contributed by atoms with Crippen LogP contribution in [-0.2, 0) is 19.5 Å². The van der Waals surface area contributed by atoms with E-state index in [1.807, 2.05) is 17.6 Å². The van der Waals surface area contributed by atoms with E-state index in [-0.39, 0.29) is 12.1 Å². The quantitative estimate of drug-likeness (QED) is 0.909. The first kappa shape index (κ1) is 14.6. The molecule has 0 fully saturated rings. The number of benzene rings is 1. The van der Waals surface area contributed by atoms with Gasteiger partial charge in [0.1, 0.15) is 6.33 Å². The second-order valence-corrected chi connectivity index (χ2v) is 5.50. The van der Waals surface area contributed by atoms with Gasteiger partial charge >= 0.3 is 6.03 Å². The number of fused-ring (bicyclic) bond motifs is 1. The van der Waals surface area contributed by atoms with Crippen molar-refractivity contribution in [1.29, 1.82) is 0 Å². The lowest BCUT2D eigenvalue weighted by molar-refractivity contribution is 0.234. The van der Waals surface area contributed by atoms with Crippen molar-refractivity contribution in [2.75, 3.05) is 0 Å². The normalized spacial score (nSPS) is 16.9. The van der Waals surface area contributed by atoms with E-state index < -0.39 is 0 Å². The van der Waals surface area contributed by atoms with Gasteiger partial charge < -0.3 is 15.2 Å². The van der Waals surface area contributed by atoms with E-state index in [9.17, 15) is 4.79 Å². The van der Waals surface area contributed by atoms with E-state index in [1.165, 1.54) is 11.1 Å². The Kier molecular flexibility index (Phi) is 4.37. The molecule has 1 aromatic heterocycles. The summed E-state index contributed by atoms with van der Waals surface area (Å²) in [5.74, 6) is 0.765. The molecule has 6 heteroatoms.